The van der Waals surface area contributed by atoms with Gasteiger partial charge < -0.3 is 25.2 Å². The molecule has 0 atom stereocenters. The molecule has 3 rings (SSSR count). The van der Waals surface area contributed by atoms with Crippen LogP contribution in [0.1, 0.15) is 24.8 Å². The van der Waals surface area contributed by atoms with E-state index in [0.717, 1.165) is 76.6 Å². The Morgan fingerprint density at radius 3 is 2.75 bits per heavy atom. The number of nitrogens with one attached hydrogen (secondary N) is 2. The predicted octanol–water partition coefficient (Wildman–Crippen LogP) is 1.93. The Kier molecular flexibility index (Phi) is 10.3. The molecule has 1 aromatic heterocycles. The number of nitrogens with zero attached hydrogens (tertiary/aromatic N) is 4. The Morgan fingerprint density at radius 2 is 2.04 bits per heavy atom. The number of anilines is 1. The molecule has 1 aliphatic heterocycles. The van der Waals surface area contributed by atoms with Gasteiger partial charge in [-0.05, 0) is 49.9 Å². The van der Waals surface area contributed by atoms with E-state index in [1.807, 2.05) is 6.20 Å². The molecule has 2 fully saturated rings. The number of ether oxygens (including phenoxy) is 1. The minimum absolute atomic E-state index is 0. The van der Waals surface area contributed by atoms with E-state index in [4.69, 9.17) is 4.74 Å². The Balaban J connectivity index is 0.00000280. The van der Waals surface area contributed by atoms with E-state index in [9.17, 15) is 0 Å². The SMILES string of the molecule is CN=C(NCCCOCC1CC1)NCc1ccnc(N2CCN(C)CC2)c1.I. The van der Waals surface area contributed by atoms with Gasteiger partial charge in [0.1, 0.15) is 5.82 Å². The summed E-state index contributed by atoms with van der Waals surface area (Å²) in [5.41, 5.74) is 1.22. The molecule has 0 bridgehead atoms. The fourth-order valence-corrected chi connectivity index (χ4v) is 3.10. The summed E-state index contributed by atoms with van der Waals surface area (Å²) in [6.45, 7) is 7.60. The summed E-state index contributed by atoms with van der Waals surface area (Å²) in [6.07, 6.45) is 5.59. The molecule has 7 nitrogen and oxygen atoms in total. The van der Waals surface area contributed by atoms with Crippen LogP contribution in [0.2, 0.25) is 0 Å². The summed E-state index contributed by atoms with van der Waals surface area (Å²) in [4.78, 5) is 13.6. The standard InChI is InChI=1S/C20H34N6O.HI/c1-21-20(23-7-3-13-27-16-17-4-5-17)24-15-18-6-8-22-19(14-18)26-11-9-25(2)10-12-26;/h6,8,14,17H,3-5,7,9-13,15-16H2,1-2H3,(H2,21,23,24);1H. The monoisotopic (exact) mass is 502 g/mol. The zero-order chi connectivity index (χ0) is 18.9. The second kappa shape index (κ2) is 12.4. The zero-order valence-corrected chi connectivity index (χ0v) is 19.5. The molecular weight excluding hydrogens is 467 g/mol. The third-order valence-corrected chi connectivity index (χ3v) is 5.13. The molecule has 2 N–H and O–H groups in total. The molecule has 1 saturated carbocycles. The van der Waals surface area contributed by atoms with Crippen molar-refractivity contribution < 1.29 is 4.74 Å². The number of rotatable bonds is 9. The van der Waals surface area contributed by atoms with E-state index in [-0.39, 0.29) is 24.0 Å². The lowest BCUT2D eigenvalue weighted by Gasteiger charge is -2.33. The first-order chi connectivity index (χ1) is 13.2. The van der Waals surface area contributed by atoms with Crippen LogP contribution in [0.15, 0.2) is 23.3 Å². The fraction of sp³-hybridized carbons (Fsp3) is 0.700. The number of likely N-dealkylation sites (N-methyl/N-ethyl adjacent to an activating group) is 1. The summed E-state index contributed by atoms with van der Waals surface area (Å²) in [5, 5.41) is 6.74. The highest BCUT2D eigenvalue weighted by Gasteiger charge is 2.20. The molecule has 2 aliphatic rings. The van der Waals surface area contributed by atoms with Gasteiger partial charge >= 0.3 is 0 Å². The first-order valence-corrected chi connectivity index (χ1v) is 10.2. The molecule has 0 amide bonds. The number of halogens is 1. The van der Waals surface area contributed by atoms with Crippen LogP contribution in [0, 0.1) is 5.92 Å². The number of hydrogen-bond acceptors (Lipinski definition) is 5. The topological polar surface area (TPSA) is 65.0 Å². The molecule has 2 heterocycles. The third kappa shape index (κ3) is 8.08. The number of hydrogen-bond donors (Lipinski definition) is 2. The minimum atomic E-state index is 0. The van der Waals surface area contributed by atoms with Crippen molar-refractivity contribution in [2.45, 2.75) is 25.8 Å². The lowest BCUT2D eigenvalue weighted by atomic mass is 10.2. The minimum Gasteiger partial charge on any atom is -0.381 e. The molecule has 1 saturated heterocycles. The second-order valence-corrected chi connectivity index (χ2v) is 7.54. The van der Waals surface area contributed by atoms with E-state index in [0.29, 0.717) is 0 Å². The molecular formula is C20H35IN6O. The van der Waals surface area contributed by atoms with Crippen molar-refractivity contribution in [3.63, 3.8) is 0 Å². The van der Waals surface area contributed by atoms with E-state index in [1.165, 1.54) is 18.4 Å². The number of aliphatic imine (C=N–C) groups is 1. The first kappa shape index (κ1) is 23.2. The zero-order valence-electron chi connectivity index (χ0n) is 17.2. The van der Waals surface area contributed by atoms with Gasteiger partial charge in [0.15, 0.2) is 5.96 Å². The average molecular weight is 502 g/mol. The number of guanidine groups is 1. The highest BCUT2D eigenvalue weighted by Crippen LogP contribution is 2.28. The van der Waals surface area contributed by atoms with Crippen LogP contribution >= 0.6 is 24.0 Å². The highest BCUT2D eigenvalue weighted by atomic mass is 127. The number of pyridine rings is 1. The van der Waals surface area contributed by atoms with Crippen LogP contribution in [0.25, 0.3) is 0 Å². The smallest absolute Gasteiger partial charge is 0.191 e. The Bertz CT molecular complexity index is 602. The van der Waals surface area contributed by atoms with Gasteiger partial charge in [-0.15, -0.1) is 24.0 Å². The Morgan fingerprint density at radius 1 is 1.25 bits per heavy atom. The largest absolute Gasteiger partial charge is 0.381 e. The summed E-state index contributed by atoms with van der Waals surface area (Å²) < 4.78 is 5.66. The van der Waals surface area contributed by atoms with Gasteiger partial charge in [-0.3, -0.25) is 4.99 Å². The van der Waals surface area contributed by atoms with Crippen LogP contribution < -0.4 is 15.5 Å². The van der Waals surface area contributed by atoms with Crippen molar-refractivity contribution in [3.8, 4) is 0 Å². The van der Waals surface area contributed by atoms with Crippen LogP contribution in [-0.4, -0.2) is 75.9 Å². The van der Waals surface area contributed by atoms with E-state index < -0.39 is 0 Å². The second-order valence-electron chi connectivity index (χ2n) is 7.54. The quantitative estimate of drug-likeness (QED) is 0.233. The van der Waals surface area contributed by atoms with Gasteiger partial charge in [-0.25, -0.2) is 4.98 Å². The molecule has 158 valence electrons. The first-order valence-electron chi connectivity index (χ1n) is 10.2. The third-order valence-electron chi connectivity index (χ3n) is 5.13. The van der Waals surface area contributed by atoms with Gasteiger partial charge in [-0.1, -0.05) is 0 Å². The lowest BCUT2D eigenvalue weighted by Crippen LogP contribution is -2.44. The van der Waals surface area contributed by atoms with Gasteiger partial charge in [0.05, 0.1) is 0 Å². The lowest BCUT2D eigenvalue weighted by molar-refractivity contribution is 0.123. The molecule has 0 spiro atoms. The Labute approximate surface area is 186 Å². The highest BCUT2D eigenvalue weighted by molar-refractivity contribution is 14.0. The van der Waals surface area contributed by atoms with Crippen molar-refractivity contribution in [3.05, 3.63) is 23.9 Å². The maximum atomic E-state index is 5.66. The maximum Gasteiger partial charge on any atom is 0.191 e. The molecule has 8 heteroatoms. The van der Waals surface area contributed by atoms with Crippen molar-refractivity contribution in [2.75, 3.05) is 64.9 Å². The summed E-state index contributed by atoms with van der Waals surface area (Å²) in [7, 11) is 3.98. The van der Waals surface area contributed by atoms with Gasteiger partial charge in [0.2, 0.25) is 0 Å². The molecule has 0 aromatic carbocycles. The Hall–Kier alpha value is -1.13. The van der Waals surface area contributed by atoms with Crippen molar-refractivity contribution >= 4 is 35.8 Å². The van der Waals surface area contributed by atoms with Crippen molar-refractivity contribution in [1.29, 1.82) is 0 Å². The number of aromatic nitrogens is 1. The van der Waals surface area contributed by atoms with Gasteiger partial charge in [0.25, 0.3) is 0 Å². The number of piperazine rings is 1. The average Bonchev–Trinajstić information content (AvgIpc) is 3.52. The van der Waals surface area contributed by atoms with Crippen LogP contribution in [-0.2, 0) is 11.3 Å². The molecule has 1 aromatic rings. The van der Waals surface area contributed by atoms with Crippen LogP contribution in [0.3, 0.4) is 0 Å². The molecule has 1 aliphatic carbocycles. The van der Waals surface area contributed by atoms with Gasteiger partial charge in [0, 0.05) is 65.7 Å². The van der Waals surface area contributed by atoms with Crippen LogP contribution in [0.5, 0.6) is 0 Å². The van der Waals surface area contributed by atoms with Crippen molar-refractivity contribution in [2.24, 2.45) is 10.9 Å². The van der Waals surface area contributed by atoms with E-state index >= 15 is 0 Å². The van der Waals surface area contributed by atoms with Crippen molar-refractivity contribution in [1.82, 2.24) is 20.5 Å². The summed E-state index contributed by atoms with van der Waals surface area (Å²) in [6, 6.07) is 4.24. The fourth-order valence-electron chi connectivity index (χ4n) is 3.10. The van der Waals surface area contributed by atoms with Gasteiger partial charge in [-0.2, -0.15) is 0 Å². The van der Waals surface area contributed by atoms with E-state index in [1.54, 1.807) is 7.05 Å². The van der Waals surface area contributed by atoms with Crippen LogP contribution in [0.4, 0.5) is 5.82 Å². The normalized spacial score (nSPS) is 17.9. The molecule has 28 heavy (non-hydrogen) atoms. The maximum absolute atomic E-state index is 5.66. The molecule has 0 unspecified atom stereocenters. The predicted molar refractivity (Wildman–Crippen MR) is 126 cm³/mol. The summed E-state index contributed by atoms with van der Waals surface area (Å²) >= 11 is 0. The molecule has 0 radical (unpaired) electrons. The summed E-state index contributed by atoms with van der Waals surface area (Å²) in [5.74, 6) is 2.73. The van der Waals surface area contributed by atoms with E-state index in [2.05, 4.69) is 49.6 Å².